The highest BCUT2D eigenvalue weighted by Crippen LogP contribution is 2.30. The maximum atomic E-state index is 14.2. The Morgan fingerprint density at radius 3 is 2.54 bits per heavy atom. The van der Waals surface area contributed by atoms with Crippen LogP contribution in [0.5, 0.6) is 0 Å². The lowest BCUT2D eigenvalue weighted by Crippen LogP contribution is -2.33. The van der Waals surface area contributed by atoms with Crippen molar-refractivity contribution < 1.29 is 18.4 Å². The van der Waals surface area contributed by atoms with Crippen LogP contribution in [0.15, 0.2) is 47.2 Å². The van der Waals surface area contributed by atoms with Crippen LogP contribution in [-0.2, 0) is 21.5 Å². The Morgan fingerprint density at radius 1 is 1.17 bits per heavy atom. The van der Waals surface area contributed by atoms with Gasteiger partial charge in [0.2, 0.25) is 5.82 Å². The molecule has 3 aromatic heterocycles. The van der Waals surface area contributed by atoms with Gasteiger partial charge in [-0.05, 0) is 32.9 Å². The summed E-state index contributed by atoms with van der Waals surface area (Å²) in [6.07, 6.45) is 1.43. The van der Waals surface area contributed by atoms with Crippen LogP contribution in [0.3, 0.4) is 0 Å². The third-order valence-corrected chi connectivity index (χ3v) is 5.27. The molecule has 0 N–H and O–H groups in total. The number of nitrogens with zero attached hydrogens (tertiary/aromatic N) is 6. The number of benzene rings is 1. The molecule has 0 bridgehead atoms. The molecule has 0 aliphatic rings. The summed E-state index contributed by atoms with van der Waals surface area (Å²) < 4.78 is 25.9. The van der Waals surface area contributed by atoms with E-state index in [-0.39, 0.29) is 35.6 Å². The number of aromatic nitrogens is 6. The molecule has 0 aliphatic carbocycles. The molecule has 184 valence electrons. The zero-order valence-corrected chi connectivity index (χ0v) is 20.9. The Morgan fingerprint density at radius 2 is 1.91 bits per heavy atom. The normalized spacial score (nSPS) is 11.1. The van der Waals surface area contributed by atoms with Crippen molar-refractivity contribution in [1.29, 1.82) is 0 Å². The molecule has 35 heavy (non-hydrogen) atoms. The Hall–Kier alpha value is -3.66. The zero-order valence-electron chi connectivity index (χ0n) is 20.1. The zero-order chi connectivity index (χ0) is 25.6. The van der Waals surface area contributed by atoms with Gasteiger partial charge >= 0.3 is 5.97 Å². The summed E-state index contributed by atoms with van der Waals surface area (Å²) in [6.45, 7) is 9.35. The molecule has 0 spiro atoms. The molecule has 0 aliphatic heterocycles. The Labute approximate surface area is 207 Å². The van der Waals surface area contributed by atoms with Gasteiger partial charge in [0.25, 0.3) is 0 Å². The van der Waals surface area contributed by atoms with Gasteiger partial charge in [0.15, 0.2) is 5.15 Å². The van der Waals surface area contributed by atoms with Crippen molar-refractivity contribution in [2.45, 2.75) is 46.6 Å². The summed E-state index contributed by atoms with van der Waals surface area (Å²) in [6, 6.07) is 9.76. The summed E-state index contributed by atoms with van der Waals surface area (Å²) >= 11 is 6.37. The van der Waals surface area contributed by atoms with E-state index in [0.717, 1.165) is 0 Å². The minimum absolute atomic E-state index is 0.00435. The molecular formula is C24H26ClFN6O3. The van der Waals surface area contributed by atoms with E-state index in [0.29, 0.717) is 22.6 Å². The first-order chi connectivity index (χ1) is 16.8. The van der Waals surface area contributed by atoms with Crippen molar-refractivity contribution in [3.05, 3.63) is 64.9 Å². The highest BCUT2D eigenvalue weighted by molar-refractivity contribution is 6.30. The summed E-state index contributed by atoms with van der Waals surface area (Å²) in [5.74, 6) is -0.703. The molecule has 9 nitrogen and oxygen atoms in total. The lowest BCUT2D eigenvalue weighted by Gasteiger charge is -2.21. The van der Waals surface area contributed by atoms with E-state index in [1.807, 2.05) is 13.8 Å². The molecule has 11 heteroatoms. The monoisotopic (exact) mass is 500 g/mol. The van der Waals surface area contributed by atoms with E-state index in [9.17, 15) is 9.18 Å². The summed E-state index contributed by atoms with van der Waals surface area (Å²) in [5.41, 5.74) is 0.914. The molecule has 0 saturated carbocycles. The maximum Gasteiger partial charge on any atom is 0.317 e. The summed E-state index contributed by atoms with van der Waals surface area (Å²) in [7, 11) is 0. The molecule has 0 amide bonds. The second-order valence-corrected chi connectivity index (χ2v) is 8.03. The summed E-state index contributed by atoms with van der Waals surface area (Å²) in [5, 5.41) is 16.8. The first-order valence-electron chi connectivity index (χ1n) is 11.1. The van der Waals surface area contributed by atoms with Gasteiger partial charge in [-0.15, -0.1) is 10.2 Å². The fourth-order valence-corrected chi connectivity index (χ4v) is 3.55. The number of ether oxygens (including phenoxy) is 1. The number of carbonyl (C=O) groups excluding carboxylic acids is 1. The van der Waals surface area contributed by atoms with E-state index in [1.54, 1.807) is 55.8 Å². The summed E-state index contributed by atoms with van der Waals surface area (Å²) in [4.78, 5) is 16.6. The van der Waals surface area contributed by atoms with Gasteiger partial charge in [-0.25, -0.2) is 9.37 Å². The Balaban J connectivity index is 0.00000167. The van der Waals surface area contributed by atoms with Gasteiger partial charge in [0.05, 0.1) is 18.8 Å². The van der Waals surface area contributed by atoms with Crippen molar-refractivity contribution in [3.8, 4) is 22.9 Å². The molecule has 0 radical (unpaired) electrons. The highest BCUT2D eigenvalue weighted by Gasteiger charge is 2.36. The third-order valence-electron chi connectivity index (χ3n) is 5.01. The van der Waals surface area contributed by atoms with Gasteiger partial charge < -0.3 is 9.26 Å². The van der Waals surface area contributed by atoms with Gasteiger partial charge in [-0.1, -0.05) is 48.8 Å². The van der Waals surface area contributed by atoms with Gasteiger partial charge in [0.1, 0.15) is 34.6 Å². The first kappa shape index (κ1) is 26.0. The predicted octanol–water partition coefficient (Wildman–Crippen LogP) is 5.10. The fourth-order valence-electron chi connectivity index (χ4n) is 3.19. The molecule has 0 saturated heterocycles. The number of rotatable bonds is 7. The predicted molar refractivity (Wildman–Crippen MR) is 128 cm³/mol. The molecule has 1 aromatic carbocycles. The van der Waals surface area contributed by atoms with Crippen LogP contribution < -0.4 is 0 Å². The highest BCUT2D eigenvalue weighted by atomic mass is 35.5. The largest absolute Gasteiger partial charge is 0.465 e. The smallest absolute Gasteiger partial charge is 0.317 e. The number of hydrogen-bond donors (Lipinski definition) is 0. The Kier molecular flexibility index (Phi) is 8.29. The standard InChI is InChI=1S/C22H20ClFN6O3.C2H6/c1-4-32-21(31)22(2,3)18-19(23)25-20(27-26-18)16-11-17(15-9-10-33-29-15)30(28-16)12-13-7-5-6-8-14(13)24;1-2/h5-11H,4,12H2,1-3H3;1-2H3. The first-order valence-corrected chi connectivity index (χ1v) is 11.5. The minimum atomic E-state index is -1.14. The van der Waals surface area contributed by atoms with Crippen LogP contribution in [0.1, 0.15) is 45.9 Å². The van der Waals surface area contributed by atoms with Crippen molar-refractivity contribution in [3.63, 3.8) is 0 Å². The van der Waals surface area contributed by atoms with Crippen LogP contribution in [0.25, 0.3) is 22.9 Å². The minimum Gasteiger partial charge on any atom is -0.465 e. The van der Waals surface area contributed by atoms with E-state index < -0.39 is 11.4 Å². The Bertz CT molecular complexity index is 1290. The van der Waals surface area contributed by atoms with E-state index in [1.165, 1.54) is 12.3 Å². The molecule has 0 fully saturated rings. The lowest BCUT2D eigenvalue weighted by atomic mass is 9.90. The van der Waals surface area contributed by atoms with Crippen LogP contribution in [0.4, 0.5) is 4.39 Å². The van der Waals surface area contributed by atoms with Crippen molar-refractivity contribution in [2.24, 2.45) is 0 Å². The topological polar surface area (TPSA) is 109 Å². The molecule has 3 heterocycles. The van der Waals surface area contributed by atoms with Crippen LogP contribution in [0, 0.1) is 5.82 Å². The molecule has 0 unspecified atom stereocenters. The van der Waals surface area contributed by atoms with Crippen LogP contribution in [0.2, 0.25) is 5.15 Å². The van der Waals surface area contributed by atoms with Gasteiger partial charge in [-0.3, -0.25) is 9.48 Å². The number of esters is 1. The second kappa shape index (κ2) is 11.2. The second-order valence-electron chi connectivity index (χ2n) is 7.67. The number of hydrogen-bond acceptors (Lipinski definition) is 8. The van der Waals surface area contributed by atoms with Crippen molar-refractivity contribution >= 4 is 17.6 Å². The van der Waals surface area contributed by atoms with Gasteiger partial charge in [0, 0.05) is 11.6 Å². The van der Waals surface area contributed by atoms with Crippen LogP contribution >= 0.6 is 11.6 Å². The molecule has 0 atom stereocenters. The van der Waals surface area contributed by atoms with Gasteiger partial charge in [-0.2, -0.15) is 5.10 Å². The number of carbonyl (C=O) groups is 1. The fraction of sp³-hybridized carbons (Fsp3) is 0.333. The SMILES string of the molecule is CC.CCOC(=O)C(C)(C)c1nnc(-c2cc(-c3ccon3)n(Cc3ccccc3F)n2)nc1Cl. The molecular weight excluding hydrogens is 475 g/mol. The van der Waals surface area contributed by atoms with E-state index >= 15 is 0 Å². The third kappa shape index (κ3) is 5.54. The quantitative estimate of drug-likeness (QED) is 0.322. The molecule has 4 rings (SSSR count). The van der Waals surface area contributed by atoms with Crippen LogP contribution in [-0.4, -0.2) is 42.7 Å². The molecule has 4 aromatic rings. The maximum absolute atomic E-state index is 14.2. The van der Waals surface area contributed by atoms with E-state index in [4.69, 9.17) is 20.9 Å². The van der Waals surface area contributed by atoms with Crippen molar-refractivity contribution in [2.75, 3.05) is 6.61 Å². The number of halogens is 2. The van der Waals surface area contributed by atoms with E-state index in [2.05, 4.69) is 25.4 Å². The average molecular weight is 501 g/mol. The van der Waals surface area contributed by atoms with Crippen molar-refractivity contribution in [1.82, 2.24) is 30.1 Å². The average Bonchev–Trinajstić information content (AvgIpc) is 3.52. The lowest BCUT2D eigenvalue weighted by molar-refractivity contribution is -0.149.